The van der Waals surface area contributed by atoms with Gasteiger partial charge in [0, 0.05) is 16.0 Å². The summed E-state index contributed by atoms with van der Waals surface area (Å²) in [6.07, 6.45) is 4.34. The van der Waals surface area contributed by atoms with Crippen LogP contribution in [0.15, 0.2) is 59.5 Å². The summed E-state index contributed by atoms with van der Waals surface area (Å²) >= 11 is 7.86. The van der Waals surface area contributed by atoms with Crippen LogP contribution in [-0.4, -0.2) is 37.2 Å². The Morgan fingerprint density at radius 1 is 1.16 bits per heavy atom. The van der Waals surface area contributed by atoms with E-state index in [-0.39, 0.29) is 5.91 Å². The molecule has 0 atom stereocenters. The van der Waals surface area contributed by atoms with E-state index in [1.165, 1.54) is 6.08 Å². The molecule has 1 amide bonds. The largest absolute Gasteiger partial charge is 0.321 e. The van der Waals surface area contributed by atoms with Crippen LogP contribution in [0.25, 0.3) is 6.08 Å². The van der Waals surface area contributed by atoms with E-state index in [0.717, 1.165) is 34.9 Å². The van der Waals surface area contributed by atoms with Crippen molar-refractivity contribution < 1.29 is 4.79 Å². The first-order valence-corrected chi connectivity index (χ1v) is 9.53. The van der Waals surface area contributed by atoms with Gasteiger partial charge in [-0.2, -0.15) is 0 Å². The van der Waals surface area contributed by atoms with Crippen molar-refractivity contribution in [1.82, 2.24) is 4.90 Å². The summed E-state index contributed by atoms with van der Waals surface area (Å²) in [5, 5.41) is 3.58. The van der Waals surface area contributed by atoms with Gasteiger partial charge >= 0.3 is 0 Å². The fraction of sp³-hybridized carbons (Fsp3) is 0.250. The van der Waals surface area contributed by atoms with Crippen molar-refractivity contribution in [3.8, 4) is 0 Å². The minimum Gasteiger partial charge on any atom is -0.321 e. The molecular weight excluding hydrogens is 352 g/mol. The maximum atomic E-state index is 12.2. The number of hydrogen-bond acceptors (Lipinski definition) is 3. The zero-order chi connectivity index (χ0) is 18.1. The number of rotatable bonds is 8. The molecule has 0 aromatic heterocycles. The Labute approximate surface area is 159 Å². The summed E-state index contributed by atoms with van der Waals surface area (Å²) in [7, 11) is 4.15. The number of carbonyl (C=O) groups excluding carboxylic acids is 1. The van der Waals surface area contributed by atoms with Crippen LogP contribution in [0.5, 0.6) is 0 Å². The summed E-state index contributed by atoms with van der Waals surface area (Å²) in [6, 6.07) is 15.3. The highest BCUT2D eigenvalue weighted by Gasteiger charge is 2.05. The van der Waals surface area contributed by atoms with Crippen LogP contribution in [0.2, 0.25) is 5.02 Å². The van der Waals surface area contributed by atoms with Crippen molar-refractivity contribution in [3.05, 3.63) is 65.2 Å². The standard InChI is InChI=1S/C20H23ClN2OS/c1-23(2)14-7-15-25-19-11-6-5-10-18(19)22-20(24)13-12-16-8-3-4-9-17(16)21/h3-6,8-13H,7,14-15H2,1-2H3,(H,22,24)/b13-12+. The number of hydrogen-bond donors (Lipinski definition) is 1. The molecule has 1 N–H and O–H groups in total. The maximum Gasteiger partial charge on any atom is 0.248 e. The average Bonchev–Trinajstić information content (AvgIpc) is 2.59. The predicted octanol–water partition coefficient (Wildman–Crippen LogP) is 5.04. The molecule has 0 spiro atoms. The Bertz CT molecular complexity index is 731. The molecule has 3 nitrogen and oxygen atoms in total. The zero-order valence-corrected chi connectivity index (χ0v) is 16.1. The summed E-state index contributed by atoms with van der Waals surface area (Å²) in [4.78, 5) is 15.5. The van der Waals surface area contributed by atoms with E-state index in [9.17, 15) is 4.79 Å². The number of benzene rings is 2. The SMILES string of the molecule is CN(C)CCCSc1ccccc1NC(=O)/C=C/c1ccccc1Cl. The van der Waals surface area contributed by atoms with Gasteiger partial charge in [0.1, 0.15) is 0 Å². The van der Waals surface area contributed by atoms with Crippen molar-refractivity contribution in [1.29, 1.82) is 0 Å². The maximum absolute atomic E-state index is 12.2. The monoisotopic (exact) mass is 374 g/mol. The number of halogens is 1. The van der Waals surface area contributed by atoms with Crippen molar-refractivity contribution in [2.75, 3.05) is 31.7 Å². The Kier molecular flexibility index (Phi) is 8.06. The molecule has 0 bridgehead atoms. The molecule has 2 rings (SSSR count). The smallest absolute Gasteiger partial charge is 0.248 e. The Balaban J connectivity index is 1.95. The first-order valence-electron chi connectivity index (χ1n) is 8.16. The van der Waals surface area contributed by atoms with E-state index in [2.05, 4.69) is 24.3 Å². The van der Waals surface area contributed by atoms with Crippen LogP contribution in [0, 0.1) is 0 Å². The summed E-state index contributed by atoms with van der Waals surface area (Å²) in [6.45, 7) is 1.06. The molecule has 25 heavy (non-hydrogen) atoms. The third-order valence-electron chi connectivity index (χ3n) is 3.47. The molecule has 2 aromatic rings. The van der Waals surface area contributed by atoms with Crippen LogP contribution < -0.4 is 5.32 Å². The van der Waals surface area contributed by atoms with E-state index in [1.54, 1.807) is 23.9 Å². The number of para-hydroxylation sites is 1. The predicted molar refractivity (Wildman–Crippen MR) is 109 cm³/mol. The summed E-state index contributed by atoms with van der Waals surface area (Å²) < 4.78 is 0. The first-order chi connectivity index (χ1) is 12.1. The molecule has 2 aromatic carbocycles. The van der Waals surface area contributed by atoms with Crippen LogP contribution in [0.3, 0.4) is 0 Å². The Morgan fingerprint density at radius 2 is 1.88 bits per heavy atom. The second-order valence-electron chi connectivity index (χ2n) is 5.85. The van der Waals surface area contributed by atoms with Crippen molar-refractivity contribution in [2.45, 2.75) is 11.3 Å². The molecule has 0 saturated carbocycles. The Hall–Kier alpha value is -1.75. The van der Waals surface area contributed by atoms with Crippen molar-refractivity contribution in [2.24, 2.45) is 0 Å². The lowest BCUT2D eigenvalue weighted by molar-refractivity contribution is -0.111. The average molecular weight is 375 g/mol. The lowest BCUT2D eigenvalue weighted by atomic mass is 10.2. The number of thioether (sulfide) groups is 1. The van der Waals surface area contributed by atoms with E-state index in [4.69, 9.17) is 11.6 Å². The molecule has 0 aliphatic rings. The van der Waals surface area contributed by atoms with Gasteiger partial charge in [-0.05, 0) is 62.7 Å². The molecule has 132 valence electrons. The van der Waals surface area contributed by atoms with Gasteiger partial charge in [0.25, 0.3) is 0 Å². The molecule has 0 unspecified atom stereocenters. The van der Waals surface area contributed by atoms with E-state index in [0.29, 0.717) is 5.02 Å². The van der Waals surface area contributed by atoms with Gasteiger partial charge in [0.15, 0.2) is 0 Å². The molecule has 0 aliphatic heterocycles. The normalized spacial score (nSPS) is 11.2. The van der Waals surface area contributed by atoms with Gasteiger partial charge in [-0.25, -0.2) is 0 Å². The van der Waals surface area contributed by atoms with Crippen molar-refractivity contribution in [3.63, 3.8) is 0 Å². The van der Waals surface area contributed by atoms with Gasteiger partial charge in [0.05, 0.1) is 5.69 Å². The summed E-state index contributed by atoms with van der Waals surface area (Å²) in [5.41, 5.74) is 1.66. The number of nitrogens with zero attached hydrogens (tertiary/aromatic N) is 1. The quantitative estimate of drug-likeness (QED) is 0.399. The minimum atomic E-state index is -0.165. The zero-order valence-electron chi connectivity index (χ0n) is 14.5. The van der Waals surface area contributed by atoms with Crippen LogP contribution in [-0.2, 0) is 4.79 Å². The van der Waals surface area contributed by atoms with Crippen LogP contribution in [0.4, 0.5) is 5.69 Å². The third-order valence-corrected chi connectivity index (χ3v) is 4.98. The van der Waals surface area contributed by atoms with Crippen LogP contribution >= 0.6 is 23.4 Å². The molecule has 5 heteroatoms. The van der Waals surface area contributed by atoms with Gasteiger partial charge in [-0.3, -0.25) is 4.79 Å². The van der Waals surface area contributed by atoms with Gasteiger partial charge in [0.2, 0.25) is 5.91 Å². The molecular formula is C20H23ClN2OS. The summed E-state index contributed by atoms with van der Waals surface area (Å²) in [5.74, 6) is 0.849. The van der Waals surface area contributed by atoms with Crippen molar-refractivity contribution >= 4 is 41.0 Å². The molecule has 0 heterocycles. The van der Waals surface area contributed by atoms with Gasteiger partial charge in [-0.1, -0.05) is 41.9 Å². The highest BCUT2D eigenvalue weighted by atomic mass is 35.5. The second-order valence-corrected chi connectivity index (χ2v) is 7.39. The number of carbonyl (C=O) groups is 1. The van der Waals surface area contributed by atoms with Gasteiger partial charge < -0.3 is 10.2 Å². The first kappa shape index (κ1) is 19.6. The lowest BCUT2D eigenvalue weighted by Gasteiger charge is -2.11. The van der Waals surface area contributed by atoms with E-state index >= 15 is 0 Å². The Morgan fingerprint density at radius 3 is 2.64 bits per heavy atom. The third kappa shape index (κ3) is 6.94. The number of anilines is 1. The highest BCUT2D eigenvalue weighted by molar-refractivity contribution is 7.99. The van der Waals surface area contributed by atoms with Crippen LogP contribution in [0.1, 0.15) is 12.0 Å². The lowest BCUT2D eigenvalue weighted by Crippen LogP contribution is -2.13. The fourth-order valence-electron chi connectivity index (χ4n) is 2.21. The molecule has 0 fully saturated rings. The number of nitrogens with one attached hydrogen (secondary N) is 1. The van der Waals surface area contributed by atoms with Gasteiger partial charge in [-0.15, -0.1) is 11.8 Å². The second kappa shape index (κ2) is 10.3. The molecule has 0 aliphatic carbocycles. The molecule has 0 radical (unpaired) electrons. The molecule has 0 saturated heterocycles. The highest BCUT2D eigenvalue weighted by Crippen LogP contribution is 2.27. The van der Waals surface area contributed by atoms with E-state index < -0.39 is 0 Å². The topological polar surface area (TPSA) is 32.3 Å². The fourth-order valence-corrected chi connectivity index (χ4v) is 3.35. The van der Waals surface area contributed by atoms with E-state index in [1.807, 2.05) is 42.5 Å². The minimum absolute atomic E-state index is 0.165. The number of amides is 1.